The number of anilines is 1. The number of ether oxygens (including phenoxy) is 1. The molecule has 2 amide bonds. The van der Waals surface area contributed by atoms with Gasteiger partial charge in [0.25, 0.3) is 0 Å². The van der Waals surface area contributed by atoms with E-state index in [0.717, 1.165) is 30.2 Å². The standard InChI is InChI=1S/C20H24ClN3O2/c1-15-6-7-19(26-2)18(12-15)22-20(25)24-10-8-23(9-11-24)14-16-4-3-5-17(21)13-16/h3-7,12-13H,8-11,14H2,1-2H3,(H,22,25). The van der Waals surface area contributed by atoms with Crippen molar-refractivity contribution in [3.8, 4) is 5.75 Å². The topological polar surface area (TPSA) is 44.8 Å². The van der Waals surface area contributed by atoms with Crippen molar-refractivity contribution in [3.05, 3.63) is 58.6 Å². The van der Waals surface area contributed by atoms with E-state index in [4.69, 9.17) is 16.3 Å². The zero-order valence-electron chi connectivity index (χ0n) is 15.2. The molecule has 2 aromatic carbocycles. The summed E-state index contributed by atoms with van der Waals surface area (Å²) in [6, 6.07) is 13.6. The summed E-state index contributed by atoms with van der Waals surface area (Å²) in [6.45, 7) is 5.91. The van der Waals surface area contributed by atoms with Gasteiger partial charge in [0.2, 0.25) is 0 Å². The highest BCUT2D eigenvalue weighted by Crippen LogP contribution is 2.25. The molecule has 0 bridgehead atoms. The molecule has 1 saturated heterocycles. The molecule has 2 aromatic rings. The maximum absolute atomic E-state index is 12.6. The second-order valence-corrected chi connectivity index (χ2v) is 6.96. The van der Waals surface area contributed by atoms with E-state index in [1.165, 1.54) is 5.56 Å². The fraction of sp³-hybridized carbons (Fsp3) is 0.350. The van der Waals surface area contributed by atoms with Crippen molar-refractivity contribution in [2.45, 2.75) is 13.5 Å². The molecule has 0 aliphatic carbocycles. The Hall–Kier alpha value is -2.24. The molecule has 0 unspecified atom stereocenters. The van der Waals surface area contributed by atoms with Gasteiger partial charge in [-0.2, -0.15) is 0 Å². The molecule has 1 heterocycles. The number of nitrogens with zero attached hydrogens (tertiary/aromatic N) is 2. The van der Waals surface area contributed by atoms with E-state index >= 15 is 0 Å². The summed E-state index contributed by atoms with van der Waals surface area (Å²) in [7, 11) is 1.61. The molecule has 1 aliphatic heterocycles. The summed E-state index contributed by atoms with van der Waals surface area (Å²) in [5.41, 5.74) is 2.98. The number of piperazine rings is 1. The Morgan fingerprint density at radius 2 is 1.92 bits per heavy atom. The molecular weight excluding hydrogens is 350 g/mol. The van der Waals surface area contributed by atoms with Gasteiger partial charge >= 0.3 is 6.03 Å². The molecule has 1 aliphatic rings. The van der Waals surface area contributed by atoms with E-state index in [1.54, 1.807) is 7.11 Å². The van der Waals surface area contributed by atoms with E-state index < -0.39 is 0 Å². The van der Waals surface area contributed by atoms with Crippen LogP contribution in [0.3, 0.4) is 0 Å². The number of benzene rings is 2. The Balaban J connectivity index is 1.54. The Bertz CT molecular complexity index is 773. The lowest BCUT2D eigenvalue weighted by Gasteiger charge is -2.34. The van der Waals surface area contributed by atoms with Gasteiger partial charge in [-0.3, -0.25) is 4.90 Å². The van der Waals surface area contributed by atoms with Crippen molar-refractivity contribution in [3.63, 3.8) is 0 Å². The predicted molar refractivity (Wildman–Crippen MR) is 105 cm³/mol. The zero-order valence-corrected chi connectivity index (χ0v) is 15.9. The number of halogens is 1. The predicted octanol–water partition coefficient (Wildman–Crippen LogP) is 4.01. The number of nitrogens with one attached hydrogen (secondary N) is 1. The minimum absolute atomic E-state index is 0.0868. The van der Waals surface area contributed by atoms with Crippen LogP contribution in [-0.2, 0) is 6.54 Å². The largest absolute Gasteiger partial charge is 0.495 e. The zero-order chi connectivity index (χ0) is 18.5. The number of amides is 2. The number of urea groups is 1. The van der Waals surface area contributed by atoms with Gasteiger partial charge in [-0.25, -0.2) is 4.79 Å². The van der Waals surface area contributed by atoms with Crippen LogP contribution in [0, 0.1) is 6.92 Å². The number of hydrogen-bond donors (Lipinski definition) is 1. The summed E-state index contributed by atoms with van der Waals surface area (Å²) in [4.78, 5) is 16.8. The molecule has 1 N–H and O–H groups in total. The molecule has 138 valence electrons. The number of rotatable bonds is 4. The van der Waals surface area contributed by atoms with Crippen molar-refractivity contribution in [1.29, 1.82) is 0 Å². The third kappa shape index (κ3) is 4.68. The number of aryl methyl sites for hydroxylation is 1. The van der Waals surface area contributed by atoms with E-state index in [0.29, 0.717) is 24.5 Å². The molecule has 0 atom stereocenters. The van der Waals surface area contributed by atoms with Crippen LogP contribution < -0.4 is 10.1 Å². The van der Waals surface area contributed by atoms with E-state index in [-0.39, 0.29) is 6.03 Å². The van der Waals surface area contributed by atoms with Crippen molar-refractivity contribution in [2.75, 3.05) is 38.6 Å². The summed E-state index contributed by atoms with van der Waals surface area (Å²) in [6.07, 6.45) is 0. The second kappa shape index (κ2) is 8.43. The minimum atomic E-state index is -0.0868. The van der Waals surface area contributed by atoms with Crippen LogP contribution in [0.1, 0.15) is 11.1 Å². The Labute approximate surface area is 159 Å². The Morgan fingerprint density at radius 3 is 2.62 bits per heavy atom. The van der Waals surface area contributed by atoms with Gasteiger partial charge in [-0.1, -0.05) is 29.8 Å². The van der Waals surface area contributed by atoms with Crippen LogP contribution in [0.2, 0.25) is 5.02 Å². The minimum Gasteiger partial charge on any atom is -0.495 e. The number of methoxy groups -OCH3 is 1. The fourth-order valence-corrected chi connectivity index (χ4v) is 3.33. The lowest BCUT2D eigenvalue weighted by molar-refractivity contribution is 0.143. The van der Waals surface area contributed by atoms with Gasteiger partial charge in [0, 0.05) is 37.7 Å². The molecule has 0 aromatic heterocycles. The SMILES string of the molecule is COc1ccc(C)cc1NC(=O)N1CCN(Cc2cccc(Cl)c2)CC1. The highest BCUT2D eigenvalue weighted by molar-refractivity contribution is 6.30. The number of carbonyl (C=O) groups excluding carboxylic acids is 1. The molecule has 3 rings (SSSR count). The second-order valence-electron chi connectivity index (χ2n) is 6.53. The van der Waals surface area contributed by atoms with Gasteiger partial charge in [0.15, 0.2) is 0 Å². The smallest absolute Gasteiger partial charge is 0.322 e. The average molecular weight is 374 g/mol. The first-order valence-electron chi connectivity index (χ1n) is 8.72. The lowest BCUT2D eigenvalue weighted by atomic mass is 10.2. The Morgan fingerprint density at radius 1 is 1.15 bits per heavy atom. The van der Waals surface area contributed by atoms with E-state index in [9.17, 15) is 4.79 Å². The van der Waals surface area contributed by atoms with Crippen molar-refractivity contribution < 1.29 is 9.53 Å². The molecule has 1 fully saturated rings. The third-order valence-electron chi connectivity index (χ3n) is 4.55. The summed E-state index contributed by atoms with van der Waals surface area (Å²) >= 11 is 6.05. The van der Waals surface area contributed by atoms with E-state index in [1.807, 2.05) is 48.2 Å². The highest BCUT2D eigenvalue weighted by Gasteiger charge is 2.22. The molecule has 6 heteroatoms. The normalized spacial score (nSPS) is 15.0. The van der Waals surface area contributed by atoms with Crippen LogP contribution in [0.25, 0.3) is 0 Å². The fourth-order valence-electron chi connectivity index (χ4n) is 3.12. The van der Waals surface area contributed by atoms with Gasteiger partial charge in [-0.05, 0) is 42.3 Å². The maximum Gasteiger partial charge on any atom is 0.322 e. The van der Waals surface area contributed by atoms with Crippen LogP contribution in [-0.4, -0.2) is 49.1 Å². The molecule has 0 spiro atoms. The molecule has 0 radical (unpaired) electrons. The first kappa shape index (κ1) is 18.5. The van der Waals surface area contributed by atoms with Crippen molar-refractivity contribution in [2.24, 2.45) is 0 Å². The average Bonchev–Trinajstić information content (AvgIpc) is 2.62. The third-order valence-corrected chi connectivity index (χ3v) is 4.79. The molecule has 26 heavy (non-hydrogen) atoms. The quantitative estimate of drug-likeness (QED) is 0.880. The van der Waals surface area contributed by atoms with Gasteiger partial charge in [-0.15, -0.1) is 0 Å². The number of carbonyl (C=O) groups is 1. The summed E-state index contributed by atoms with van der Waals surface area (Å²) in [5.74, 6) is 0.670. The van der Waals surface area contributed by atoms with Crippen molar-refractivity contribution in [1.82, 2.24) is 9.80 Å². The molecule has 5 nitrogen and oxygen atoms in total. The summed E-state index contributed by atoms with van der Waals surface area (Å²) < 4.78 is 5.33. The van der Waals surface area contributed by atoms with Gasteiger partial charge < -0.3 is 15.0 Å². The number of hydrogen-bond acceptors (Lipinski definition) is 3. The lowest BCUT2D eigenvalue weighted by Crippen LogP contribution is -2.49. The van der Waals surface area contributed by atoms with Crippen LogP contribution in [0.15, 0.2) is 42.5 Å². The van der Waals surface area contributed by atoms with Crippen molar-refractivity contribution >= 4 is 23.3 Å². The monoisotopic (exact) mass is 373 g/mol. The summed E-state index contributed by atoms with van der Waals surface area (Å²) in [5, 5.41) is 3.73. The van der Waals surface area contributed by atoms with Crippen LogP contribution in [0.5, 0.6) is 5.75 Å². The van der Waals surface area contributed by atoms with Crippen LogP contribution >= 0.6 is 11.6 Å². The first-order chi connectivity index (χ1) is 12.5. The van der Waals surface area contributed by atoms with Gasteiger partial charge in [0.1, 0.15) is 5.75 Å². The molecule has 0 saturated carbocycles. The van der Waals surface area contributed by atoms with Gasteiger partial charge in [0.05, 0.1) is 12.8 Å². The van der Waals surface area contributed by atoms with E-state index in [2.05, 4.69) is 16.3 Å². The highest BCUT2D eigenvalue weighted by atomic mass is 35.5. The van der Waals surface area contributed by atoms with Crippen LogP contribution in [0.4, 0.5) is 10.5 Å². The molecular formula is C20H24ClN3O2. The maximum atomic E-state index is 12.6. The Kier molecular flexibility index (Phi) is 6.01. The first-order valence-corrected chi connectivity index (χ1v) is 9.10.